The summed E-state index contributed by atoms with van der Waals surface area (Å²) in [6, 6.07) is 13.5. The molecule has 1 heterocycles. The second-order valence-electron chi connectivity index (χ2n) is 5.93. The number of alkyl halides is 2. The van der Waals surface area contributed by atoms with Crippen LogP contribution in [0.1, 0.15) is 12.5 Å². The van der Waals surface area contributed by atoms with E-state index < -0.39 is 6.61 Å². The second kappa shape index (κ2) is 9.37. The summed E-state index contributed by atoms with van der Waals surface area (Å²) in [4.78, 5) is 12.3. The van der Waals surface area contributed by atoms with Gasteiger partial charge in [0.1, 0.15) is 5.75 Å². The third-order valence-corrected chi connectivity index (χ3v) is 4.95. The number of para-hydroxylation sites is 1. The van der Waals surface area contributed by atoms with Crippen molar-refractivity contribution in [3.63, 3.8) is 0 Å². The molecule has 1 aromatic heterocycles. The Kier molecular flexibility index (Phi) is 6.65. The minimum atomic E-state index is -2.89. The van der Waals surface area contributed by atoms with Gasteiger partial charge >= 0.3 is 6.61 Å². The van der Waals surface area contributed by atoms with E-state index in [4.69, 9.17) is 5.84 Å². The maximum atomic E-state index is 12.3. The molecule has 7 nitrogen and oxygen atoms in total. The number of nitrogens with zero attached hydrogens (tertiary/aromatic N) is 3. The van der Waals surface area contributed by atoms with Crippen molar-refractivity contribution in [1.29, 1.82) is 0 Å². The lowest BCUT2D eigenvalue weighted by molar-refractivity contribution is -0.113. The van der Waals surface area contributed by atoms with E-state index in [0.29, 0.717) is 16.5 Å². The number of ether oxygens (including phenoxy) is 1. The summed E-state index contributed by atoms with van der Waals surface area (Å²) < 4.78 is 30.0. The fourth-order valence-corrected chi connectivity index (χ4v) is 3.28. The number of nitrogens with one attached hydrogen (secondary N) is 1. The Morgan fingerprint density at radius 3 is 2.62 bits per heavy atom. The molecular weight excluding hydrogens is 400 g/mol. The number of hydrogen-bond donors (Lipinski definition) is 2. The summed E-state index contributed by atoms with van der Waals surface area (Å²) in [7, 11) is 0. The van der Waals surface area contributed by atoms with Gasteiger partial charge in [0, 0.05) is 11.3 Å². The van der Waals surface area contributed by atoms with E-state index in [1.54, 1.807) is 12.1 Å². The predicted molar refractivity (Wildman–Crippen MR) is 107 cm³/mol. The Morgan fingerprint density at radius 2 is 1.93 bits per heavy atom. The average Bonchev–Trinajstić information content (AvgIpc) is 3.07. The summed E-state index contributed by atoms with van der Waals surface area (Å²) in [5.41, 5.74) is 2.41. The van der Waals surface area contributed by atoms with Crippen LogP contribution in [0.4, 0.5) is 14.5 Å². The van der Waals surface area contributed by atoms with Crippen LogP contribution in [0.5, 0.6) is 5.75 Å². The number of thioether (sulfide) groups is 1. The van der Waals surface area contributed by atoms with E-state index in [9.17, 15) is 13.6 Å². The minimum Gasteiger partial charge on any atom is -0.435 e. The van der Waals surface area contributed by atoms with Gasteiger partial charge in [0.2, 0.25) is 11.1 Å². The monoisotopic (exact) mass is 419 g/mol. The number of anilines is 1. The molecule has 0 fully saturated rings. The van der Waals surface area contributed by atoms with Gasteiger partial charge in [-0.15, -0.1) is 10.2 Å². The highest BCUT2D eigenvalue weighted by Gasteiger charge is 2.15. The third kappa shape index (κ3) is 5.23. The molecule has 0 bridgehead atoms. The van der Waals surface area contributed by atoms with Crippen LogP contribution in [-0.2, 0) is 11.2 Å². The summed E-state index contributed by atoms with van der Waals surface area (Å²) in [5, 5.41) is 11.2. The summed E-state index contributed by atoms with van der Waals surface area (Å²) in [5.74, 6) is 6.32. The molecule has 10 heteroatoms. The number of halogens is 2. The maximum absolute atomic E-state index is 12.3. The SMILES string of the molecule is CCc1ccccc1NC(=O)CSc1nnc(-c2ccc(OC(F)F)cc2)n1N. The molecule has 0 aliphatic carbocycles. The van der Waals surface area contributed by atoms with Crippen molar-refractivity contribution in [3.05, 3.63) is 54.1 Å². The third-order valence-electron chi connectivity index (χ3n) is 4.01. The molecule has 2 aromatic carbocycles. The van der Waals surface area contributed by atoms with Gasteiger partial charge in [0.05, 0.1) is 5.75 Å². The van der Waals surface area contributed by atoms with Crippen molar-refractivity contribution in [1.82, 2.24) is 14.9 Å². The van der Waals surface area contributed by atoms with Gasteiger partial charge in [-0.2, -0.15) is 8.78 Å². The molecule has 0 saturated heterocycles. The minimum absolute atomic E-state index is 0.0328. The van der Waals surface area contributed by atoms with Gasteiger partial charge in [-0.25, -0.2) is 4.68 Å². The number of aromatic nitrogens is 3. The van der Waals surface area contributed by atoms with E-state index in [1.807, 2.05) is 31.2 Å². The first-order valence-corrected chi connectivity index (χ1v) is 9.72. The summed E-state index contributed by atoms with van der Waals surface area (Å²) >= 11 is 1.14. The van der Waals surface area contributed by atoms with Crippen molar-refractivity contribution in [2.24, 2.45) is 0 Å². The first-order valence-electron chi connectivity index (χ1n) is 8.74. The van der Waals surface area contributed by atoms with Gasteiger partial charge in [0.15, 0.2) is 5.82 Å². The van der Waals surface area contributed by atoms with Crippen LogP contribution >= 0.6 is 11.8 Å². The number of carbonyl (C=O) groups is 1. The van der Waals surface area contributed by atoms with Crippen LogP contribution < -0.4 is 15.9 Å². The van der Waals surface area contributed by atoms with Crippen LogP contribution in [0.3, 0.4) is 0 Å². The predicted octanol–water partition coefficient (Wildman–Crippen LogP) is 3.55. The van der Waals surface area contributed by atoms with Crippen molar-refractivity contribution < 1.29 is 18.3 Å². The number of benzene rings is 2. The molecule has 3 rings (SSSR count). The van der Waals surface area contributed by atoms with Gasteiger partial charge < -0.3 is 15.9 Å². The Balaban J connectivity index is 1.63. The quantitative estimate of drug-likeness (QED) is 0.428. The number of rotatable bonds is 8. The fourth-order valence-electron chi connectivity index (χ4n) is 2.62. The molecular formula is C19H19F2N5O2S. The van der Waals surface area contributed by atoms with Crippen LogP contribution in [0.2, 0.25) is 0 Å². The largest absolute Gasteiger partial charge is 0.435 e. The van der Waals surface area contributed by atoms with Gasteiger partial charge in [0.25, 0.3) is 0 Å². The molecule has 0 saturated carbocycles. The zero-order chi connectivity index (χ0) is 20.8. The highest BCUT2D eigenvalue weighted by atomic mass is 32.2. The first-order chi connectivity index (χ1) is 14.0. The molecule has 0 spiro atoms. The van der Waals surface area contributed by atoms with Crippen LogP contribution in [0, 0.1) is 0 Å². The van der Waals surface area contributed by atoms with E-state index >= 15 is 0 Å². The van der Waals surface area contributed by atoms with Crippen molar-refractivity contribution in [2.45, 2.75) is 25.1 Å². The Labute approximate surface area is 170 Å². The van der Waals surface area contributed by atoms with Gasteiger partial charge in [-0.1, -0.05) is 36.9 Å². The first kappa shape index (κ1) is 20.6. The van der Waals surface area contributed by atoms with E-state index in [0.717, 1.165) is 29.4 Å². The number of aryl methyl sites for hydroxylation is 1. The lowest BCUT2D eigenvalue weighted by atomic mass is 10.1. The number of nitrogen functional groups attached to an aromatic ring is 1. The van der Waals surface area contributed by atoms with E-state index in [1.165, 1.54) is 16.8 Å². The van der Waals surface area contributed by atoms with Crippen molar-refractivity contribution in [3.8, 4) is 17.1 Å². The highest BCUT2D eigenvalue weighted by molar-refractivity contribution is 7.99. The Bertz CT molecular complexity index is 979. The molecule has 152 valence electrons. The molecule has 3 aromatic rings. The lowest BCUT2D eigenvalue weighted by Gasteiger charge is -2.09. The standard InChI is InChI=1S/C19H19F2N5O2S/c1-2-12-5-3-4-6-15(12)23-16(27)11-29-19-25-24-17(26(19)22)13-7-9-14(10-8-13)28-18(20)21/h3-10,18H,2,11,22H2,1H3,(H,23,27). The maximum Gasteiger partial charge on any atom is 0.387 e. The zero-order valence-electron chi connectivity index (χ0n) is 15.5. The molecule has 0 aliphatic heterocycles. The van der Waals surface area contributed by atoms with E-state index in [2.05, 4.69) is 20.3 Å². The van der Waals surface area contributed by atoms with Crippen molar-refractivity contribution >= 4 is 23.4 Å². The molecule has 0 radical (unpaired) electrons. The van der Waals surface area contributed by atoms with Crippen LogP contribution in [0.25, 0.3) is 11.4 Å². The Hall–Kier alpha value is -3.14. The van der Waals surface area contributed by atoms with Gasteiger partial charge in [-0.05, 0) is 42.3 Å². The average molecular weight is 419 g/mol. The summed E-state index contributed by atoms with van der Waals surface area (Å²) in [6.45, 7) is -0.873. The van der Waals surface area contributed by atoms with Crippen LogP contribution in [0.15, 0.2) is 53.7 Å². The number of carbonyl (C=O) groups excluding carboxylic acids is 1. The van der Waals surface area contributed by atoms with Crippen LogP contribution in [-0.4, -0.2) is 33.1 Å². The number of amides is 1. The topological polar surface area (TPSA) is 95.1 Å². The number of hydrogen-bond acceptors (Lipinski definition) is 6. The molecule has 0 unspecified atom stereocenters. The lowest BCUT2D eigenvalue weighted by Crippen LogP contribution is -2.17. The number of nitrogens with two attached hydrogens (primary N) is 1. The fraction of sp³-hybridized carbons (Fsp3) is 0.211. The van der Waals surface area contributed by atoms with Gasteiger partial charge in [-0.3, -0.25) is 4.79 Å². The molecule has 0 atom stereocenters. The smallest absolute Gasteiger partial charge is 0.387 e. The highest BCUT2D eigenvalue weighted by Crippen LogP contribution is 2.24. The van der Waals surface area contributed by atoms with Crippen molar-refractivity contribution in [2.75, 3.05) is 16.9 Å². The molecule has 0 aliphatic rings. The normalized spacial score (nSPS) is 10.9. The second-order valence-corrected chi connectivity index (χ2v) is 6.87. The van der Waals surface area contributed by atoms with E-state index in [-0.39, 0.29) is 17.4 Å². The molecule has 29 heavy (non-hydrogen) atoms. The summed E-state index contributed by atoms with van der Waals surface area (Å²) in [6.07, 6.45) is 0.811. The molecule has 1 amide bonds. The zero-order valence-corrected chi connectivity index (χ0v) is 16.3. The Morgan fingerprint density at radius 1 is 1.21 bits per heavy atom. The molecule has 3 N–H and O–H groups in total.